The minimum atomic E-state index is -0.303. The number of rotatable bonds is 2. The molecule has 0 heterocycles. The first-order chi connectivity index (χ1) is 8.04. The molecule has 1 N–H and O–H groups in total. The molecule has 0 aromatic heterocycles. The fourth-order valence-corrected chi connectivity index (χ4v) is 3.08. The maximum atomic E-state index is 10.7. The second-order valence-corrected chi connectivity index (χ2v) is 5.91. The molecule has 1 aliphatic carbocycles. The molecule has 0 radical (unpaired) electrons. The molecule has 0 spiro atoms. The highest BCUT2D eigenvalue weighted by molar-refractivity contribution is 5.35. The molecule has 1 fully saturated rings. The largest absolute Gasteiger partial charge is 0.388 e. The second-order valence-electron chi connectivity index (χ2n) is 5.91. The summed E-state index contributed by atoms with van der Waals surface area (Å²) in [6.45, 7) is 6.49. The van der Waals surface area contributed by atoms with Crippen molar-refractivity contribution in [3.8, 4) is 0 Å². The van der Waals surface area contributed by atoms with Crippen LogP contribution < -0.4 is 0 Å². The molecule has 0 saturated heterocycles. The average molecular weight is 232 g/mol. The van der Waals surface area contributed by atoms with Crippen LogP contribution in [0.25, 0.3) is 0 Å². The molecule has 1 aliphatic rings. The zero-order valence-electron chi connectivity index (χ0n) is 11.3. The summed E-state index contributed by atoms with van der Waals surface area (Å²) in [5, 5.41) is 10.7. The van der Waals surface area contributed by atoms with E-state index in [0.717, 1.165) is 18.4 Å². The molecule has 2 rings (SSSR count). The minimum absolute atomic E-state index is 0.0802. The molecule has 1 aromatic rings. The van der Waals surface area contributed by atoms with Crippen LogP contribution in [0.5, 0.6) is 0 Å². The molecular weight excluding hydrogens is 208 g/mol. The van der Waals surface area contributed by atoms with Gasteiger partial charge in [-0.2, -0.15) is 0 Å². The number of hydrogen-bond donors (Lipinski definition) is 1. The Hall–Kier alpha value is -0.820. The van der Waals surface area contributed by atoms with E-state index in [-0.39, 0.29) is 11.5 Å². The summed E-state index contributed by atoms with van der Waals surface area (Å²) >= 11 is 0. The topological polar surface area (TPSA) is 20.2 Å². The Balaban J connectivity index is 2.29. The number of benzene rings is 1. The van der Waals surface area contributed by atoms with Gasteiger partial charge < -0.3 is 5.11 Å². The van der Waals surface area contributed by atoms with Gasteiger partial charge in [0.25, 0.3) is 0 Å². The Bertz CT molecular complexity index is 389. The van der Waals surface area contributed by atoms with Gasteiger partial charge in [0.1, 0.15) is 0 Å². The number of aliphatic hydroxyl groups is 1. The van der Waals surface area contributed by atoms with Crippen molar-refractivity contribution in [1.29, 1.82) is 0 Å². The van der Waals surface area contributed by atoms with Gasteiger partial charge in [-0.15, -0.1) is 0 Å². The van der Waals surface area contributed by atoms with E-state index < -0.39 is 0 Å². The first kappa shape index (κ1) is 12.6. The van der Waals surface area contributed by atoms with Crippen LogP contribution in [-0.4, -0.2) is 5.11 Å². The molecule has 1 heteroatoms. The zero-order valence-corrected chi connectivity index (χ0v) is 11.3. The van der Waals surface area contributed by atoms with Crippen molar-refractivity contribution in [3.05, 3.63) is 34.9 Å². The van der Waals surface area contributed by atoms with Gasteiger partial charge in [0.05, 0.1) is 6.10 Å². The molecule has 17 heavy (non-hydrogen) atoms. The lowest BCUT2D eigenvalue weighted by Crippen LogP contribution is -2.28. The highest BCUT2D eigenvalue weighted by atomic mass is 16.3. The highest BCUT2D eigenvalue weighted by Gasteiger charge is 2.35. The monoisotopic (exact) mass is 232 g/mol. The summed E-state index contributed by atoms with van der Waals surface area (Å²) in [5.41, 5.74) is 3.75. The van der Waals surface area contributed by atoms with Gasteiger partial charge in [-0.05, 0) is 48.8 Å². The van der Waals surface area contributed by atoms with Gasteiger partial charge in [0.15, 0.2) is 0 Å². The Kier molecular flexibility index (Phi) is 3.58. The minimum Gasteiger partial charge on any atom is -0.388 e. The van der Waals surface area contributed by atoms with Gasteiger partial charge in [0, 0.05) is 0 Å². The fraction of sp³-hybridized carbons (Fsp3) is 0.625. The van der Waals surface area contributed by atoms with Gasteiger partial charge in [-0.25, -0.2) is 0 Å². The van der Waals surface area contributed by atoms with Crippen molar-refractivity contribution in [3.63, 3.8) is 0 Å². The lowest BCUT2D eigenvalue weighted by atomic mass is 9.69. The SMILES string of the molecule is Cc1cccc(C(O)C2(C)CCCCC2)c1C. The van der Waals surface area contributed by atoms with Crippen molar-refractivity contribution < 1.29 is 5.11 Å². The molecule has 0 amide bonds. The predicted octanol–water partition coefficient (Wildman–Crippen LogP) is 4.31. The van der Waals surface area contributed by atoms with Crippen LogP contribution in [0.2, 0.25) is 0 Å². The van der Waals surface area contributed by atoms with E-state index in [1.165, 1.54) is 30.4 Å². The quantitative estimate of drug-likeness (QED) is 0.805. The number of aryl methyl sites for hydroxylation is 1. The Morgan fingerprint density at radius 3 is 2.41 bits per heavy atom. The average Bonchev–Trinajstić information content (AvgIpc) is 2.33. The highest BCUT2D eigenvalue weighted by Crippen LogP contribution is 2.46. The molecule has 1 atom stereocenters. The van der Waals surface area contributed by atoms with E-state index in [0.29, 0.717) is 0 Å². The standard InChI is InChI=1S/C16H24O/c1-12-8-7-9-14(13(12)2)15(17)16(3)10-5-4-6-11-16/h7-9,15,17H,4-6,10-11H2,1-3H3. The van der Waals surface area contributed by atoms with Gasteiger partial charge >= 0.3 is 0 Å². The van der Waals surface area contributed by atoms with Crippen molar-refractivity contribution >= 4 is 0 Å². The van der Waals surface area contributed by atoms with Crippen LogP contribution in [0, 0.1) is 19.3 Å². The van der Waals surface area contributed by atoms with Crippen LogP contribution in [0.3, 0.4) is 0 Å². The first-order valence-electron chi connectivity index (χ1n) is 6.79. The molecule has 1 saturated carbocycles. The van der Waals surface area contributed by atoms with Gasteiger partial charge in [0.2, 0.25) is 0 Å². The molecule has 0 bridgehead atoms. The van der Waals surface area contributed by atoms with E-state index in [1.807, 2.05) is 0 Å². The summed E-state index contributed by atoms with van der Waals surface area (Å²) in [6.07, 6.45) is 5.86. The molecule has 0 aliphatic heterocycles. The van der Waals surface area contributed by atoms with E-state index >= 15 is 0 Å². The third kappa shape index (κ3) is 2.40. The zero-order chi connectivity index (χ0) is 12.5. The lowest BCUT2D eigenvalue weighted by molar-refractivity contribution is 0.00774. The van der Waals surface area contributed by atoms with Crippen molar-refractivity contribution in [1.82, 2.24) is 0 Å². The first-order valence-corrected chi connectivity index (χ1v) is 6.79. The molecule has 1 nitrogen and oxygen atoms in total. The van der Waals surface area contributed by atoms with Crippen LogP contribution in [-0.2, 0) is 0 Å². The summed E-state index contributed by atoms with van der Waals surface area (Å²) in [6, 6.07) is 6.27. The fourth-order valence-electron chi connectivity index (χ4n) is 3.08. The third-order valence-electron chi connectivity index (χ3n) is 4.60. The Morgan fingerprint density at radius 2 is 1.76 bits per heavy atom. The van der Waals surface area contributed by atoms with E-state index in [2.05, 4.69) is 39.0 Å². The maximum Gasteiger partial charge on any atom is 0.0846 e. The molecule has 1 aromatic carbocycles. The summed E-state index contributed by atoms with van der Waals surface area (Å²) in [7, 11) is 0. The lowest BCUT2D eigenvalue weighted by Gasteiger charge is -2.38. The Morgan fingerprint density at radius 1 is 1.12 bits per heavy atom. The van der Waals surface area contributed by atoms with E-state index in [4.69, 9.17) is 0 Å². The summed E-state index contributed by atoms with van der Waals surface area (Å²) in [4.78, 5) is 0. The molecular formula is C16H24O. The normalized spacial score (nSPS) is 21.2. The smallest absolute Gasteiger partial charge is 0.0846 e. The number of aliphatic hydroxyl groups excluding tert-OH is 1. The van der Waals surface area contributed by atoms with Crippen LogP contribution in [0.15, 0.2) is 18.2 Å². The predicted molar refractivity (Wildman–Crippen MR) is 72.1 cm³/mol. The van der Waals surface area contributed by atoms with Crippen LogP contribution in [0.1, 0.15) is 61.8 Å². The van der Waals surface area contributed by atoms with Crippen LogP contribution >= 0.6 is 0 Å². The van der Waals surface area contributed by atoms with Crippen molar-refractivity contribution in [2.24, 2.45) is 5.41 Å². The van der Waals surface area contributed by atoms with Gasteiger partial charge in [-0.3, -0.25) is 0 Å². The third-order valence-corrected chi connectivity index (χ3v) is 4.60. The Labute approximate surface area is 105 Å². The molecule has 1 unspecified atom stereocenters. The van der Waals surface area contributed by atoms with Gasteiger partial charge in [-0.1, -0.05) is 44.4 Å². The van der Waals surface area contributed by atoms with E-state index in [9.17, 15) is 5.11 Å². The second kappa shape index (κ2) is 4.81. The maximum absolute atomic E-state index is 10.7. The number of hydrogen-bond acceptors (Lipinski definition) is 1. The summed E-state index contributed by atoms with van der Waals surface area (Å²) in [5.74, 6) is 0. The van der Waals surface area contributed by atoms with Crippen molar-refractivity contribution in [2.75, 3.05) is 0 Å². The van der Waals surface area contributed by atoms with Crippen molar-refractivity contribution in [2.45, 2.75) is 59.0 Å². The molecule has 94 valence electrons. The van der Waals surface area contributed by atoms with E-state index in [1.54, 1.807) is 0 Å². The summed E-state index contributed by atoms with van der Waals surface area (Å²) < 4.78 is 0. The van der Waals surface area contributed by atoms with Crippen LogP contribution in [0.4, 0.5) is 0 Å².